The van der Waals surface area contributed by atoms with Crippen molar-refractivity contribution in [3.8, 4) is 0 Å². The highest BCUT2D eigenvalue weighted by Crippen LogP contribution is 2.42. The molecule has 3 N–H and O–H groups in total. The van der Waals surface area contributed by atoms with E-state index >= 15 is 0 Å². The fraction of sp³-hybridized carbons (Fsp3) is 0.462. The van der Waals surface area contributed by atoms with Crippen molar-refractivity contribution in [2.24, 2.45) is 5.73 Å². The highest BCUT2D eigenvalue weighted by molar-refractivity contribution is 5.78. The molecule has 3 heteroatoms. The van der Waals surface area contributed by atoms with E-state index in [2.05, 4.69) is 30.1 Å². The lowest BCUT2D eigenvalue weighted by Gasteiger charge is -2.38. The molecule has 0 aliphatic heterocycles. The number of imidazole rings is 1. The van der Waals surface area contributed by atoms with Gasteiger partial charge in [0.05, 0.1) is 11.0 Å². The first-order valence-corrected chi connectivity index (χ1v) is 5.91. The van der Waals surface area contributed by atoms with Gasteiger partial charge in [0.2, 0.25) is 0 Å². The number of aryl methyl sites for hydroxylation is 1. The lowest BCUT2D eigenvalue weighted by molar-refractivity contribution is 0.240. The van der Waals surface area contributed by atoms with E-state index in [1.54, 1.807) is 0 Å². The second-order valence-electron chi connectivity index (χ2n) is 4.89. The molecule has 1 aromatic carbocycles. The summed E-state index contributed by atoms with van der Waals surface area (Å²) in [7, 11) is 0. The van der Waals surface area contributed by atoms with Gasteiger partial charge in [-0.3, -0.25) is 0 Å². The van der Waals surface area contributed by atoms with E-state index in [4.69, 9.17) is 10.7 Å². The molecule has 2 aromatic rings. The van der Waals surface area contributed by atoms with Crippen LogP contribution in [0.5, 0.6) is 0 Å². The topological polar surface area (TPSA) is 54.7 Å². The van der Waals surface area contributed by atoms with Crippen molar-refractivity contribution in [1.29, 1.82) is 0 Å². The molecule has 1 heterocycles. The molecule has 0 atom stereocenters. The maximum atomic E-state index is 5.90. The third kappa shape index (κ3) is 1.21. The lowest BCUT2D eigenvalue weighted by Crippen LogP contribution is -2.42. The third-order valence-corrected chi connectivity index (χ3v) is 3.92. The van der Waals surface area contributed by atoms with Crippen molar-refractivity contribution >= 4 is 11.0 Å². The molecule has 0 spiro atoms. The first kappa shape index (κ1) is 9.85. The van der Waals surface area contributed by atoms with Crippen LogP contribution in [0.3, 0.4) is 0 Å². The van der Waals surface area contributed by atoms with E-state index < -0.39 is 0 Å². The minimum absolute atomic E-state index is 0.130. The van der Waals surface area contributed by atoms with Gasteiger partial charge in [-0.15, -0.1) is 0 Å². The third-order valence-electron chi connectivity index (χ3n) is 3.92. The molecule has 0 amide bonds. The Morgan fingerprint density at radius 3 is 2.81 bits per heavy atom. The Kier molecular flexibility index (Phi) is 2.04. The normalized spacial score (nSPS) is 18.6. The number of hydrogen-bond donors (Lipinski definition) is 2. The van der Waals surface area contributed by atoms with Gasteiger partial charge in [-0.1, -0.05) is 18.6 Å². The molecule has 0 unspecified atom stereocenters. The van der Waals surface area contributed by atoms with Crippen LogP contribution in [0.1, 0.15) is 30.7 Å². The molecule has 16 heavy (non-hydrogen) atoms. The number of H-pyrrole nitrogens is 1. The molecule has 1 aromatic heterocycles. The molecule has 0 saturated heterocycles. The molecule has 0 radical (unpaired) electrons. The first-order chi connectivity index (χ1) is 7.75. The van der Waals surface area contributed by atoms with Crippen molar-refractivity contribution in [3.63, 3.8) is 0 Å². The number of fused-ring (bicyclic) bond motifs is 1. The summed E-state index contributed by atoms with van der Waals surface area (Å²) in [4.78, 5) is 8.18. The molecule has 84 valence electrons. The van der Waals surface area contributed by atoms with Gasteiger partial charge >= 0.3 is 0 Å². The van der Waals surface area contributed by atoms with Crippen LogP contribution >= 0.6 is 0 Å². The maximum Gasteiger partial charge on any atom is 0.114 e. The number of aromatic nitrogens is 2. The zero-order valence-corrected chi connectivity index (χ0v) is 9.59. The maximum absolute atomic E-state index is 5.90. The molecule has 1 fully saturated rings. The number of para-hydroxylation sites is 1. The minimum atomic E-state index is 0.130. The Morgan fingerprint density at radius 1 is 1.44 bits per heavy atom. The Balaban J connectivity index is 2.15. The molecule has 3 nitrogen and oxygen atoms in total. The van der Waals surface area contributed by atoms with Gasteiger partial charge in [0, 0.05) is 12.0 Å². The number of hydrogen-bond acceptors (Lipinski definition) is 2. The Labute approximate surface area is 95.1 Å². The van der Waals surface area contributed by atoms with E-state index in [-0.39, 0.29) is 5.41 Å². The molecular weight excluding hydrogens is 198 g/mol. The van der Waals surface area contributed by atoms with Crippen LogP contribution in [0.4, 0.5) is 0 Å². The predicted molar refractivity (Wildman–Crippen MR) is 65.4 cm³/mol. The van der Waals surface area contributed by atoms with Gasteiger partial charge in [0.15, 0.2) is 0 Å². The summed E-state index contributed by atoms with van der Waals surface area (Å²) in [6.45, 7) is 2.80. The largest absolute Gasteiger partial charge is 0.341 e. The van der Waals surface area contributed by atoms with Gasteiger partial charge < -0.3 is 10.7 Å². The number of nitrogens with two attached hydrogens (primary N) is 1. The van der Waals surface area contributed by atoms with Gasteiger partial charge in [-0.25, -0.2) is 4.98 Å². The van der Waals surface area contributed by atoms with E-state index in [1.807, 2.05) is 0 Å². The number of benzene rings is 1. The SMILES string of the molecule is Cc1cccc2[nH]c(C3(CN)CCC3)nc12. The van der Waals surface area contributed by atoms with Crippen LogP contribution in [-0.4, -0.2) is 16.5 Å². The summed E-state index contributed by atoms with van der Waals surface area (Å²) < 4.78 is 0. The van der Waals surface area contributed by atoms with Crippen LogP contribution in [0.2, 0.25) is 0 Å². The van der Waals surface area contributed by atoms with Crippen molar-refractivity contribution < 1.29 is 0 Å². The molecule has 1 saturated carbocycles. The van der Waals surface area contributed by atoms with Gasteiger partial charge in [0.1, 0.15) is 5.82 Å². The second-order valence-corrected chi connectivity index (χ2v) is 4.89. The summed E-state index contributed by atoms with van der Waals surface area (Å²) in [6.07, 6.45) is 3.61. The average Bonchev–Trinajstić information content (AvgIpc) is 2.62. The zero-order chi connectivity index (χ0) is 11.2. The number of nitrogens with one attached hydrogen (secondary N) is 1. The lowest BCUT2D eigenvalue weighted by atomic mass is 9.68. The zero-order valence-electron chi connectivity index (χ0n) is 9.59. The van der Waals surface area contributed by atoms with Gasteiger partial charge in [-0.2, -0.15) is 0 Å². The van der Waals surface area contributed by atoms with Crippen LogP contribution < -0.4 is 5.73 Å². The van der Waals surface area contributed by atoms with E-state index in [0.29, 0.717) is 6.54 Å². The summed E-state index contributed by atoms with van der Waals surface area (Å²) in [5, 5.41) is 0. The Morgan fingerprint density at radius 2 is 2.25 bits per heavy atom. The molecule has 1 aliphatic carbocycles. The fourth-order valence-electron chi connectivity index (χ4n) is 2.57. The van der Waals surface area contributed by atoms with Crippen molar-refractivity contribution in [2.45, 2.75) is 31.6 Å². The van der Waals surface area contributed by atoms with Gasteiger partial charge in [-0.05, 0) is 31.4 Å². The fourth-order valence-corrected chi connectivity index (χ4v) is 2.57. The average molecular weight is 215 g/mol. The van der Waals surface area contributed by atoms with Crippen molar-refractivity contribution in [1.82, 2.24) is 9.97 Å². The second kappa shape index (κ2) is 3.32. The van der Waals surface area contributed by atoms with Crippen LogP contribution in [0.15, 0.2) is 18.2 Å². The highest BCUT2D eigenvalue weighted by atomic mass is 15.0. The first-order valence-electron chi connectivity index (χ1n) is 5.91. The molecular formula is C13H17N3. The van der Waals surface area contributed by atoms with Crippen LogP contribution in [0, 0.1) is 6.92 Å². The standard InChI is InChI=1S/C13H17N3/c1-9-4-2-5-10-11(9)16-12(15-10)13(8-14)6-3-7-13/h2,4-5H,3,6-8,14H2,1H3,(H,15,16). The number of nitrogens with zero attached hydrogens (tertiary/aromatic N) is 1. The summed E-state index contributed by atoms with van der Waals surface area (Å²) in [5.74, 6) is 1.09. The van der Waals surface area contributed by atoms with Crippen LogP contribution in [0.25, 0.3) is 11.0 Å². The monoisotopic (exact) mass is 215 g/mol. The van der Waals surface area contributed by atoms with Crippen LogP contribution in [-0.2, 0) is 5.41 Å². The number of rotatable bonds is 2. The minimum Gasteiger partial charge on any atom is -0.341 e. The molecule has 3 rings (SSSR count). The van der Waals surface area contributed by atoms with Gasteiger partial charge in [0.25, 0.3) is 0 Å². The van der Waals surface area contributed by atoms with Crippen molar-refractivity contribution in [3.05, 3.63) is 29.6 Å². The Bertz CT molecular complexity index is 517. The highest BCUT2D eigenvalue weighted by Gasteiger charge is 2.40. The summed E-state index contributed by atoms with van der Waals surface area (Å²) >= 11 is 0. The molecule has 1 aliphatic rings. The predicted octanol–water partition coefficient (Wildman–Crippen LogP) is 2.25. The van der Waals surface area contributed by atoms with E-state index in [1.165, 1.54) is 24.8 Å². The van der Waals surface area contributed by atoms with E-state index in [9.17, 15) is 0 Å². The van der Waals surface area contributed by atoms with E-state index in [0.717, 1.165) is 16.9 Å². The molecule has 0 bridgehead atoms. The quantitative estimate of drug-likeness (QED) is 0.807. The summed E-state index contributed by atoms with van der Waals surface area (Å²) in [5.41, 5.74) is 9.49. The van der Waals surface area contributed by atoms with Crippen molar-refractivity contribution in [2.75, 3.05) is 6.54 Å². The summed E-state index contributed by atoms with van der Waals surface area (Å²) in [6, 6.07) is 6.25. The Hall–Kier alpha value is -1.35. The smallest absolute Gasteiger partial charge is 0.114 e. The number of aromatic amines is 1.